The summed E-state index contributed by atoms with van der Waals surface area (Å²) in [6, 6.07) is 5.16. The molecule has 35 heavy (non-hydrogen) atoms. The number of aryl methyl sites for hydroxylation is 1. The Morgan fingerprint density at radius 3 is 2.69 bits per heavy atom. The molecule has 0 bridgehead atoms. The van der Waals surface area contributed by atoms with Crippen LogP contribution in [0.4, 0.5) is 10.1 Å². The first-order chi connectivity index (χ1) is 16.9. The number of nitrogens with zero attached hydrogens (tertiary/aromatic N) is 3. The van der Waals surface area contributed by atoms with Crippen LogP contribution in [-0.2, 0) is 12.8 Å². The highest BCUT2D eigenvalue weighted by Crippen LogP contribution is 2.53. The third-order valence-corrected chi connectivity index (χ3v) is 8.48. The lowest BCUT2D eigenvalue weighted by atomic mass is 9.84. The molecule has 184 valence electrons. The summed E-state index contributed by atoms with van der Waals surface area (Å²) in [4.78, 5) is 37.2. The Morgan fingerprint density at radius 1 is 1.17 bits per heavy atom. The minimum atomic E-state index is -0.494. The molecule has 1 atom stereocenters. The van der Waals surface area contributed by atoms with Gasteiger partial charge in [0.2, 0.25) is 0 Å². The molecule has 1 saturated carbocycles. The number of piperazine rings is 1. The summed E-state index contributed by atoms with van der Waals surface area (Å²) in [7, 11) is 1.50. The van der Waals surface area contributed by atoms with Gasteiger partial charge < -0.3 is 15.2 Å². The number of aromatic nitrogens is 2. The lowest BCUT2D eigenvalue weighted by Gasteiger charge is -2.38. The molecule has 7 nitrogen and oxygen atoms in total. The number of amides is 1. The number of anilines is 1. The van der Waals surface area contributed by atoms with Gasteiger partial charge in [-0.25, -0.2) is 9.37 Å². The number of carbonyl (C=O) groups excluding carboxylic acids is 1. The maximum atomic E-state index is 14.4. The van der Waals surface area contributed by atoms with Crippen LogP contribution < -0.4 is 15.8 Å². The highest BCUT2D eigenvalue weighted by atomic mass is 19.1. The Kier molecular flexibility index (Phi) is 5.51. The minimum Gasteiger partial charge on any atom is -0.369 e. The number of benzene rings is 1. The predicted molar refractivity (Wildman–Crippen MR) is 133 cm³/mol. The zero-order valence-corrected chi connectivity index (χ0v) is 20.2. The summed E-state index contributed by atoms with van der Waals surface area (Å²) in [5.74, 6) is -0.149. The fourth-order valence-corrected chi connectivity index (χ4v) is 6.06. The Labute approximate surface area is 204 Å². The van der Waals surface area contributed by atoms with Crippen molar-refractivity contribution in [2.45, 2.75) is 51.0 Å². The molecule has 6 rings (SSSR count). The molecule has 2 heterocycles. The number of hydrogen-bond donors (Lipinski definition) is 2. The van der Waals surface area contributed by atoms with E-state index in [-0.39, 0.29) is 11.1 Å². The molecule has 1 amide bonds. The van der Waals surface area contributed by atoms with Gasteiger partial charge in [0.05, 0.1) is 11.3 Å². The molecule has 1 aliphatic heterocycles. The Hall–Kier alpha value is -3.00. The molecule has 2 N–H and O–H groups in total. The lowest BCUT2D eigenvalue weighted by Crippen LogP contribution is -2.49. The molecule has 4 aliphatic rings. The second-order valence-corrected chi connectivity index (χ2v) is 10.6. The first kappa shape index (κ1) is 22.5. The summed E-state index contributed by atoms with van der Waals surface area (Å²) < 4.78 is 14.4. The van der Waals surface area contributed by atoms with E-state index in [0.717, 1.165) is 80.2 Å². The predicted octanol–water partition coefficient (Wildman–Crippen LogP) is 2.91. The Bertz CT molecular complexity index is 1260. The van der Waals surface area contributed by atoms with Gasteiger partial charge in [-0.15, -0.1) is 0 Å². The summed E-state index contributed by atoms with van der Waals surface area (Å²) in [5.41, 5.74) is 4.42. The van der Waals surface area contributed by atoms with Crippen molar-refractivity contribution in [3.8, 4) is 0 Å². The van der Waals surface area contributed by atoms with Crippen LogP contribution in [0.15, 0.2) is 29.1 Å². The van der Waals surface area contributed by atoms with Crippen molar-refractivity contribution in [1.82, 2.24) is 20.2 Å². The van der Waals surface area contributed by atoms with Crippen LogP contribution in [0.5, 0.6) is 0 Å². The SMILES string of the molecule is CNC(=O)c1ccc(N2CCN([C@H]3C=C(c4nc5c(c(=O)[nH]4)CC4(CC5)CC4)CC3)CC2)cc1F. The molecule has 3 aliphatic carbocycles. The third kappa shape index (κ3) is 4.18. The molecule has 1 aromatic carbocycles. The normalized spacial score (nSPS) is 23.2. The van der Waals surface area contributed by atoms with Crippen LogP contribution in [0.2, 0.25) is 0 Å². The molecular formula is C27H32FN5O2. The van der Waals surface area contributed by atoms with Gasteiger partial charge in [0, 0.05) is 50.5 Å². The number of allylic oxidation sites excluding steroid dienone is 1. The number of nitrogens with one attached hydrogen (secondary N) is 2. The maximum absolute atomic E-state index is 14.4. The summed E-state index contributed by atoms with van der Waals surface area (Å²) >= 11 is 0. The van der Waals surface area contributed by atoms with Gasteiger partial charge in [0.15, 0.2) is 0 Å². The quantitative estimate of drug-likeness (QED) is 0.708. The van der Waals surface area contributed by atoms with Crippen LogP contribution in [-0.4, -0.2) is 60.0 Å². The van der Waals surface area contributed by atoms with E-state index in [1.165, 1.54) is 32.4 Å². The molecule has 2 fully saturated rings. The summed E-state index contributed by atoms with van der Waals surface area (Å²) in [6.45, 7) is 3.36. The summed E-state index contributed by atoms with van der Waals surface area (Å²) in [5, 5.41) is 2.47. The number of aromatic amines is 1. The number of halogens is 1. The van der Waals surface area contributed by atoms with E-state index < -0.39 is 11.7 Å². The van der Waals surface area contributed by atoms with Gasteiger partial charge in [-0.3, -0.25) is 14.5 Å². The number of rotatable bonds is 4. The zero-order valence-electron chi connectivity index (χ0n) is 20.2. The van der Waals surface area contributed by atoms with Gasteiger partial charge in [0.25, 0.3) is 11.5 Å². The molecule has 0 unspecified atom stereocenters. The zero-order chi connectivity index (χ0) is 24.2. The van der Waals surface area contributed by atoms with Crippen LogP contribution >= 0.6 is 0 Å². The smallest absolute Gasteiger partial charge is 0.254 e. The molecule has 8 heteroatoms. The van der Waals surface area contributed by atoms with Gasteiger partial charge in [-0.05, 0) is 74.1 Å². The van der Waals surface area contributed by atoms with E-state index in [1.54, 1.807) is 6.07 Å². The van der Waals surface area contributed by atoms with E-state index in [4.69, 9.17) is 4.98 Å². The first-order valence-corrected chi connectivity index (χ1v) is 12.8. The van der Waals surface area contributed by atoms with E-state index in [9.17, 15) is 14.0 Å². The average Bonchev–Trinajstić information content (AvgIpc) is 3.43. The van der Waals surface area contributed by atoms with E-state index in [0.29, 0.717) is 11.5 Å². The molecule has 1 spiro atoms. The molecule has 1 saturated heterocycles. The molecular weight excluding hydrogens is 445 g/mol. The first-order valence-electron chi connectivity index (χ1n) is 12.8. The van der Waals surface area contributed by atoms with E-state index in [1.807, 2.05) is 6.07 Å². The van der Waals surface area contributed by atoms with E-state index >= 15 is 0 Å². The standard InChI is InChI=1S/C27H32FN5O2/c1-29-25(34)20-5-4-19(15-22(20)28)33-12-10-32(11-13-33)18-3-2-17(14-18)24-30-23-6-7-27(8-9-27)16-21(23)26(35)31-24/h4-5,14-15,18H,2-3,6-13,16H2,1H3,(H,29,34)(H,30,31,35)/t18-/m1/s1. The fourth-order valence-electron chi connectivity index (χ4n) is 6.06. The van der Waals surface area contributed by atoms with Crippen LogP contribution in [0, 0.1) is 11.2 Å². The van der Waals surface area contributed by atoms with Crippen molar-refractivity contribution in [3.05, 3.63) is 63.1 Å². The van der Waals surface area contributed by atoms with Crippen molar-refractivity contribution in [3.63, 3.8) is 0 Å². The van der Waals surface area contributed by atoms with Gasteiger partial charge in [-0.2, -0.15) is 0 Å². The van der Waals surface area contributed by atoms with E-state index in [2.05, 4.69) is 26.2 Å². The number of carbonyl (C=O) groups is 1. The van der Waals surface area contributed by atoms with Crippen molar-refractivity contribution in [1.29, 1.82) is 0 Å². The van der Waals surface area contributed by atoms with Crippen molar-refractivity contribution < 1.29 is 9.18 Å². The van der Waals surface area contributed by atoms with Gasteiger partial charge in [0.1, 0.15) is 11.6 Å². The van der Waals surface area contributed by atoms with Gasteiger partial charge in [-0.1, -0.05) is 6.08 Å². The van der Waals surface area contributed by atoms with Crippen molar-refractivity contribution in [2.75, 3.05) is 38.1 Å². The van der Waals surface area contributed by atoms with Crippen LogP contribution in [0.1, 0.15) is 59.5 Å². The molecule has 2 aromatic rings. The topological polar surface area (TPSA) is 81.3 Å². The maximum Gasteiger partial charge on any atom is 0.254 e. The monoisotopic (exact) mass is 477 g/mol. The number of H-pyrrole nitrogens is 1. The van der Waals surface area contributed by atoms with Crippen molar-refractivity contribution in [2.24, 2.45) is 5.41 Å². The second-order valence-electron chi connectivity index (χ2n) is 10.6. The van der Waals surface area contributed by atoms with Crippen molar-refractivity contribution >= 4 is 17.2 Å². The fraction of sp³-hybridized carbons (Fsp3) is 0.519. The Balaban J connectivity index is 1.11. The Morgan fingerprint density at radius 2 is 1.97 bits per heavy atom. The number of hydrogen-bond acceptors (Lipinski definition) is 5. The average molecular weight is 478 g/mol. The molecule has 1 aromatic heterocycles. The largest absolute Gasteiger partial charge is 0.369 e. The highest BCUT2D eigenvalue weighted by Gasteiger charge is 2.45. The van der Waals surface area contributed by atoms with Crippen LogP contribution in [0.25, 0.3) is 5.57 Å². The second kappa shape index (κ2) is 8.59. The third-order valence-electron chi connectivity index (χ3n) is 8.48. The van der Waals surface area contributed by atoms with Gasteiger partial charge >= 0.3 is 0 Å². The summed E-state index contributed by atoms with van der Waals surface area (Å²) in [6.07, 6.45) is 9.72. The number of fused-ring (bicyclic) bond motifs is 1. The minimum absolute atomic E-state index is 0.0589. The highest BCUT2D eigenvalue weighted by molar-refractivity contribution is 5.94. The van der Waals surface area contributed by atoms with Crippen LogP contribution in [0.3, 0.4) is 0 Å². The lowest BCUT2D eigenvalue weighted by molar-refractivity contribution is 0.0959. The molecule has 0 radical (unpaired) electrons.